The van der Waals surface area contributed by atoms with Crippen LogP contribution in [-0.2, 0) is 0 Å². The van der Waals surface area contributed by atoms with Gasteiger partial charge in [-0.1, -0.05) is 23.2 Å². The minimum Gasteiger partial charge on any atom is -0.497 e. The highest BCUT2D eigenvalue weighted by molar-refractivity contribution is 9.10. The quantitative estimate of drug-likeness (QED) is 0.547. The van der Waals surface area contributed by atoms with Crippen molar-refractivity contribution in [1.82, 2.24) is 9.97 Å². The standard InChI is InChI=1S/C13H7BrCl2N2OS/c1-19-6-4-7(14)10-9(5-6)17-13(18-12(10)16)11-8(15)2-3-20-11/h2-5H,1H3. The molecular weight excluding hydrogens is 383 g/mol. The Morgan fingerprint density at radius 1 is 1.25 bits per heavy atom. The Kier molecular flexibility index (Phi) is 3.86. The van der Waals surface area contributed by atoms with E-state index in [0.717, 1.165) is 14.7 Å². The van der Waals surface area contributed by atoms with Gasteiger partial charge in [-0.05, 0) is 33.4 Å². The lowest BCUT2D eigenvalue weighted by atomic mass is 10.2. The lowest BCUT2D eigenvalue weighted by molar-refractivity contribution is 0.415. The first-order chi connectivity index (χ1) is 9.60. The number of rotatable bonds is 2. The number of fused-ring (bicyclic) bond motifs is 1. The van der Waals surface area contributed by atoms with Crippen LogP contribution in [0, 0.1) is 0 Å². The van der Waals surface area contributed by atoms with E-state index in [0.29, 0.717) is 27.3 Å². The van der Waals surface area contributed by atoms with Gasteiger partial charge >= 0.3 is 0 Å². The number of nitrogens with zero attached hydrogens (tertiary/aromatic N) is 2. The monoisotopic (exact) mass is 388 g/mol. The van der Waals surface area contributed by atoms with E-state index in [4.69, 9.17) is 27.9 Å². The van der Waals surface area contributed by atoms with Crippen LogP contribution >= 0.6 is 50.5 Å². The van der Waals surface area contributed by atoms with Gasteiger partial charge in [-0.3, -0.25) is 0 Å². The van der Waals surface area contributed by atoms with Crippen molar-refractivity contribution in [3.63, 3.8) is 0 Å². The first-order valence-electron chi connectivity index (χ1n) is 5.54. The largest absolute Gasteiger partial charge is 0.497 e. The van der Waals surface area contributed by atoms with Crippen LogP contribution in [0.1, 0.15) is 0 Å². The summed E-state index contributed by atoms with van der Waals surface area (Å²) in [6.07, 6.45) is 0. The van der Waals surface area contributed by atoms with Crippen molar-refractivity contribution in [1.29, 1.82) is 0 Å². The van der Waals surface area contributed by atoms with Crippen LogP contribution in [0.2, 0.25) is 10.2 Å². The molecule has 0 bridgehead atoms. The maximum Gasteiger partial charge on any atom is 0.173 e. The number of thiophene rings is 1. The summed E-state index contributed by atoms with van der Waals surface area (Å²) in [5.74, 6) is 1.21. The van der Waals surface area contributed by atoms with E-state index in [1.165, 1.54) is 11.3 Å². The molecule has 3 nitrogen and oxygen atoms in total. The average molecular weight is 390 g/mol. The van der Waals surface area contributed by atoms with Crippen molar-refractivity contribution >= 4 is 61.4 Å². The number of halogens is 3. The molecule has 0 N–H and O–H groups in total. The van der Waals surface area contributed by atoms with Gasteiger partial charge in [0.05, 0.1) is 27.9 Å². The molecule has 20 heavy (non-hydrogen) atoms. The first kappa shape index (κ1) is 14.1. The van der Waals surface area contributed by atoms with Gasteiger partial charge in [0.15, 0.2) is 5.82 Å². The number of methoxy groups -OCH3 is 1. The van der Waals surface area contributed by atoms with Gasteiger partial charge in [-0.25, -0.2) is 9.97 Å². The van der Waals surface area contributed by atoms with Crippen LogP contribution in [-0.4, -0.2) is 17.1 Å². The predicted molar refractivity (Wildman–Crippen MR) is 87.1 cm³/mol. The van der Waals surface area contributed by atoms with Gasteiger partial charge in [0.2, 0.25) is 0 Å². The summed E-state index contributed by atoms with van der Waals surface area (Å²) in [5.41, 5.74) is 0.704. The average Bonchev–Trinajstić information content (AvgIpc) is 2.83. The summed E-state index contributed by atoms with van der Waals surface area (Å²) in [4.78, 5) is 9.66. The number of hydrogen-bond acceptors (Lipinski definition) is 4. The second-order valence-corrected chi connectivity index (χ2v) is 6.47. The van der Waals surface area contributed by atoms with E-state index in [1.807, 2.05) is 23.6 Å². The fraction of sp³-hybridized carbons (Fsp3) is 0.0769. The zero-order valence-corrected chi connectivity index (χ0v) is 14.1. The molecule has 0 aliphatic heterocycles. The molecule has 2 aromatic heterocycles. The number of ether oxygens (including phenoxy) is 1. The molecule has 0 saturated carbocycles. The highest BCUT2D eigenvalue weighted by atomic mass is 79.9. The molecule has 7 heteroatoms. The van der Waals surface area contributed by atoms with Crippen molar-refractivity contribution in [3.8, 4) is 16.5 Å². The van der Waals surface area contributed by atoms with E-state index in [9.17, 15) is 0 Å². The van der Waals surface area contributed by atoms with Crippen LogP contribution < -0.4 is 4.74 Å². The Bertz CT molecular complexity index is 806. The van der Waals surface area contributed by atoms with Crippen molar-refractivity contribution < 1.29 is 4.74 Å². The van der Waals surface area contributed by atoms with Crippen LogP contribution in [0.3, 0.4) is 0 Å². The maximum atomic E-state index is 6.27. The van der Waals surface area contributed by atoms with Crippen molar-refractivity contribution in [2.24, 2.45) is 0 Å². The lowest BCUT2D eigenvalue weighted by Crippen LogP contribution is -1.93. The molecule has 0 aliphatic carbocycles. The normalized spacial score (nSPS) is 11.0. The van der Waals surface area contributed by atoms with Gasteiger partial charge in [-0.2, -0.15) is 0 Å². The highest BCUT2D eigenvalue weighted by Gasteiger charge is 2.14. The molecule has 0 radical (unpaired) electrons. The zero-order valence-electron chi connectivity index (χ0n) is 10.2. The van der Waals surface area contributed by atoms with Crippen molar-refractivity contribution in [2.75, 3.05) is 7.11 Å². The van der Waals surface area contributed by atoms with Gasteiger partial charge in [0.25, 0.3) is 0 Å². The first-order valence-corrected chi connectivity index (χ1v) is 7.97. The van der Waals surface area contributed by atoms with E-state index >= 15 is 0 Å². The van der Waals surface area contributed by atoms with Gasteiger partial charge in [0, 0.05) is 10.5 Å². The number of benzene rings is 1. The fourth-order valence-electron chi connectivity index (χ4n) is 1.82. The van der Waals surface area contributed by atoms with E-state index in [2.05, 4.69) is 25.9 Å². The summed E-state index contributed by atoms with van der Waals surface area (Å²) >= 11 is 17.3. The smallest absolute Gasteiger partial charge is 0.173 e. The zero-order chi connectivity index (χ0) is 14.3. The summed E-state index contributed by atoms with van der Waals surface area (Å²) in [6, 6.07) is 5.46. The third kappa shape index (κ3) is 2.39. The maximum absolute atomic E-state index is 6.27. The van der Waals surface area contributed by atoms with E-state index < -0.39 is 0 Å². The molecule has 3 rings (SSSR count). The van der Waals surface area contributed by atoms with Crippen LogP contribution in [0.25, 0.3) is 21.6 Å². The third-order valence-corrected chi connectivity index (χ3v) is 4.97. The molecule has 0 atom stereocenters. The van der Waals surface area contributed by atoms with Crippen molar-refractivity contribution in [3.05, 3.63) is 38.2 Å². The van der Waals surface area contributed by atoms with Gasteiger partial charge in [0.1, 0.15) is 10.9 Å². The molecule has 0 amide bonds. The summed E-state index contributed by atoms with van der Waals surface area (Å²) in [7, 11) is 1.60. The summed E-state index contributed by atoms with van der Waals surface area (Å²) < 4.78 is 6.03. The molecule has 2 heterocycles. The molecule has 0 unspecified atom stereocenters. The minimum absolute atomic E-state index is 0.379. The third-order valence-electron chi connectivity index (χ3n) is 2.74. The molecule has 0 saturated heterocycles. The molecule has 1 aromatic carbocycles. The van der Waals surface area contributed by atoms with Gasteiger partial charge < -0.3 is 4.74 Å². The molecule has 0 aliphatic rings. The second-order valence-electron chi connectivity index (χ2n) is 3.94. The second kappa shape index (κ2) is 5.48. The minimum atomic E-state index is 0.379. The van der Waals surface area contributed by atoms with E-state index in [1.54, 1.807) is 7.11 Å². The highest BCUT2D eigenvalue weighted by Crippen LogP contribution is 2.36. The fourth-order valence-corrected chi connectivity index (χ4v) is 3.90. The number of hydrogen-bond donors (Lipinski definition) is 0. The summed E-state index contributed by atoms with van der Waals surface area (Å²) in [6.45, 7) is 0. The predicted octanol–water partition coefficient (Wildman–Crippen LogP) is 5.44. The Morgan fingerprint density at radius 3 is 2.70 bits per heavy atom. The molecule has 102 valence electrons. The Labute approximate surface area is 137 Å². The van der Waals surface area contributed by atoms with Crippen LogP contribution in [0.15, 0.2) is 28.1 Å². The topological polar surface area (TPSA) is 35.0 Å². The Hall–Kier alpha value is -0.880. The molecular formula is C13H7BrCl2N2OS. The van der Waals surface area contributed by atoms with Crippen LogP contribution in [0.5, 0.6) is 5.75 Å². The molecule has 3 aromatic rings. The Balaban J connectivity index is 2.30. The van der Waals surface area contributed by atoms with Gasteiger partial charge in [-0.15, -0.1) is 11.3 Å². The van der Waals surface area contributed by atoms with Crippen molar-refractivity contribution in [2.45, 2.75) is 0 Å². The SMILES string of the molecule is COc1cc(Br)c2c(Cl)nc(-c3sccc3Cl)nc2c1. The number of aromatic nitrogens is 2. The molecule has 0 fully saturated rings. The summed E-state index contributed by atoms with van der Waals surface area (Å²) in [5, 5.41) is 3.64. The Morgan fingerprint density at radius 2 is 2.05 bits per heavy atom. The van der Waals surface area contributed by atoms with Crippen LogP contribution in [0.4, 0.5) is 0 Å². The van der Waals surface area contributed by atoms with E-state index in [-0.39, 0.29) is 0 Å². The lowest BCUT2D eigenvalue weighted by Gasteiger charge is -2.08. The molecule has 0 spiro atoms.